The van der Waals surface area contributed by atoms with Crippen LogP contribution in [-0.4, -0.2) is 25.2 Å². The van der Waals surface area contributed by atoms with Gasteiger partial charge in [-0.25, -0.2) is 18.1 Å². The highest BCUT2D eigenvalue weighted by molar-refractivity contribution is 7.89. The molecule has 2 heterocycles. The summed E-state index contributed by atoms with van der Waals surface area (Å²) >= 11 is 0. The van der Waals surface area contributed by atoms with Crippen LogP contribution in [0.3, 0.4) is 0 Å². The van der Waals surface area contributed by atoms with E-state index in [-0.39, 0.29) is 22.2 Å². The monoisotopic (exact) mass is 423 g/mol. The van der Waals surface area contributed by atoms with Crippen LogP contribution in [0.25, 0.3) is 11.1 Å². The van der Waals surface area contributed by atoms with Crippen LogP contribution in [0.15, 0.2) is 52.0 Å². The number of rotatable bonds is 7. The highest BCUT2D eigenvalue weighted by Gasteiger charge is 2.26. The summed E-state index contributed by atoms with van der Waals surface area (Å²) in [5.74, 6) is 0.0306. The maximum absolute atomic E-state index is 12.6. The number of aryl methyl sites for hydroxylation is 2. The van der Waals surface area contributed by atoms with E-state index in [0.717, 1.165) is 0 Å². The molecule has 29 heavy (non-hydrogen) atoms. The molecule has 0 fully saturated rings. The number of hydrogen-bond donors (Lipinski definition) is 1. The molecule has 1 aromatic carbocycles. The molecular weight excluding hydrogens is 404 g/mol. The zero-order valence-corrected chi connectivity index (χ0v) is 16.7. The molecule has 0 unspecified atom stereocenters. The van der Waals surface area contributed by atoms with Crippen LogP contribution >= 0.6 is 0 Å². The summed E-state index contributed by atoms with van der Waals surface area (Å²) in [7, 11) is -3.83. The Balaban J connectivity index is 1.82. The van der Waals surface area contributed by atoms with Crippen molar-refractivity contribution in [3.63, 3.8) is 0 Å². The number of nitrogens with one attached hydrogen (secondary N) is 1. The van der Waals surface area contributed by atoms with Gasteiger partial charge in [-0.3, -0.25) is 0 Å². The second kappa shape index (κ2) is 8.26. The Labute approximate surface area is 166 Å². The lowest BCUT2D eigenvalue weighted by Crippen LogP contribution is -2.27. The smallest absolute Gasteiger partial charge is 0.388 e. The van der Waals surface area contributed by atoms with Gasteiger partial charge in [0.05, 0.1) is 0 Å². The zero-order chi connectivity index (χ0) is 21.2. The fourth-order valence-corrected chi connectivity index (χ4v) is 4.52. The Bertz CT molecular complexity index is 1080. The molecule has 1 N–H and O–H groups in total. The normalized spacial score (nSPS) is 12.9. The van der Waals surface area contributed by atoms with E-state index in [1.807, 2.05) is 0 Å². The van der Waals surface area contributed by atoms with Gasteiger partial charge in [0.1, 0.15) is 10.6 Å². The maximum Gasteiger partial charge on any atom is 0.388 e. The van der Waals surface area contributed by atoms with Gasteiger partial charge < -0.3 is 9.26 Å². The van der Waals surface area contributed by atoms with Crippen molar-refractivity contribution >= 4 is 10.0 Å². The fourth-order valence-electron chi connectivity index (χ4n) is 2.96. The predicted octanol–water partition coefficient (Wildman–Crippen LogP) is 3.99. The SMILES string of the molecule is Cc1noc(C)c1S(=O)(=O)N[C@H](C)c1ccc(-c2cccnc2OC(F)F)cc1. The molecule has 0 bridgehead atoms. The topological polar surface area (TPSA) is 94.3 Å². The van der Waals surface area contributed by atoms with Gasteiger partial charge in [-0.05, 0) is 44.0 Å². The molecule has 0 saturated heterocycles. The lowest BCUT2D eigenvalue weighted by molar-refractivity contribution is -0.0524. The maximum atomic E-state index is 12.6. The number of pyridine rings is 1. The first-order chi connectivity index (χ1) is 13.7. The van der Waals surface area contributed by atoms with Crippen LogP contribution in [0.5, 0.6) is 5.88 Å². The van der Waals surface area contributed by atoms with Crippen molar-refractivity contribution < 1.29 is 26.5 Å². The van der Waals surface area contributed by atoms with Gasteiger partial charge in [-0.1, -0.05) is 29.4 Å². The van der Waals surface area contributed by atoms with Gasteiger partial charge in [0.15, 0.2) is 5.76 Å². The Morgan fingerprint density at radius 1 is 1.14 bits per heavy atom. The first kappa shape index (κ1) is 20.9. The van der Waals surface area contributed by atoms with Crippen molar-refractivity contribution in [2.45, 2.75) is 38.3 Å². The van der Waals surface area contributed by atoms with Gasteiger partial charge in [0.2, 0.25) is 15.9 Å². The summed E-state index contributed by atoms with van der Waals surface area (Å²) in [4.78, 5) is 3.86. The van der Waals surface area contributed by atoms with Crippen LogP contribution in [-0.2, 0) is 10.0 Å². The number of nitrogens with zero attached hydrogens (tertiary/aromatic N) is 2. The number of hydrogen-bond acceptors (Lipinski definition) is 6. The Hall–Kier alpha value is -2.85. The largest absolute Gasteiger partial charge is 0.416 e. The second-order valence-electron chi connectivity index (χ2n) is 6.35. The number of sulfonamides is 1. The average molecular weight is 423 g/mol. The van der Waals surface area contributed by atoms with E-state index in [9.17, 15) is 17.2 Å². The summed E-state index contributed by atoms with van der Waals surface area (Å²) in [6, 6.07) is 9.46. The van der Waals surface area contributed by atoms with E-state index in [1.165, 1.54) is 13.1 Å². The molecule has 2 aromatic heterocycles. The quantitative estimate of drug-likeness (QED) is 0.617. The van der Waals surface area contributed by atoms with E-state index < -0.39 is 22.7 Å². The summed E-state index contributed by atoms with van der Waals surface area (Å²) in [5, 5.41) is 3.67. The van der Waals surface area contributed by atoms with E-state index in [0.29, 0.717) is 16.7 Å². The Morgan fingerprint density at radius 3 is 2.41 bits per heavy atom. The third-order valence-corrected chi connectivity index (χ3v) is 6.05. The van der Waals surface area contributed by atoms with Crippen LogP contribution in [0, 0.1) is 13.8 Å². The number of aromatic nitrogens is 2. The van der Waals surface area contributed by atoms with Crippen LogP contribution in [0.1, 0.15) is 30.0 Å². The van der Waals surface area contributed by atoms with Crippen LogP contribution in [0.2, 0.25) is 0 Å². The third kappa shape index (κ3) is 4.60. The lowest BCUT2D eigenvalue weighted by atomic mass is 10.0. The molecule has 0 radical (unpaired) electrons. The molecule has 0 aliphatic heterocycles. The molecule has 1 atom stereocenters. The Kier molecular flexibility index (Phi) is 5.94. The van der Waals surface area contributed by atoms with Crippen LogP contribution in [0.4, 0.5) is 8.78 Å². The number of benzene rings is 1. The highest BCUT2D eigenvalue weighted by Crippen LogP contribution is 2.30. The first-order valence-electron chi connectivity index (χ1n) is 8.64. The van der Waals surface area contributed by atoms with E-state index in [4.69, 9.17) is 4.52 Å². The van der Waals surface area contributed by atoms with Crippen molar-refractivity contribution in [2.24, 2.45) is 0 Å². The molecule has 0 spiro atoms. The second-order valence-corrected chi connectivity index (χ2v) is 8.00. The fraction of sp³-hybridized carbons (Fsp3) is 0.263. The minimum absolute atomic E-state index is 0.0186. The van der Waals surface area contributed by atoms with Gasteiger partial charge in [-0.2, -0.15) is 8.78 Å². The van der Waals surface area contributed by atoms with Crippen molar-refractivity contribution in [3.8, 4) is 17.0 Å². The molecule has 0 aliphatic rings. The molecule has 3 rings (SSSR count). The summed E-state index contributed by atoms with van der Waals surface area (Å²) in [6.07, 6.45) is 1.36. The molecule has 0 saturated carbocycles. The minimum Gasteiger partial charge on any atom is -0.416 e. The molecule has 3 aromatic rings. The first-order valence-corrected chi connectivity index (χ1v) is 10.1. The van der Waals surface area contributed by atoms with Crippen LogP contribution < -0.4 is 9.46 Å². The number of halogens is 2. The molecule has 7 nitrogen and oxygen atoms in total. The van der Waals surface area contributed by atoms with E-state index >= 15 is 0 Å². The van der Waals surface area contributed by atoms with Crippen molar-refractivity contribution in [3.05, 3.63) is 59.6 Å². The van der Waals surface area contributed by atoms with E-state index in [2.05, 4.69) is 19.6 Å². The molecule has 10 heteroatoms. The van der Waals surface area contributed by atoms with E-state index in [1.54, 1.807) is 50.2 Å². The summed E-state index contributed by atoms with van der Waals surface area (Å²) in [6.45, 7) is 1.79. The van der Waals surface area contributed by atoms with Crippen molar-refractivity contribution in [1.29, 1.82) is 0 Å². The molecular formula is C19H19F2N3O4S. The van der Waals surface area contributed by atoms with Gasteiger partial charge in [0.25, 0.3) is 0 Å². The number of ether oxygens (including phenoxy) is 1. The van der Waals surface area contributed by atoms with Crippen molar-refractivity contribution in [1.82, 2.24) is 14.9 Å². The zero-order valence-electron chi connectivity index (χ0n) is 15.9. The minimum atomic E-state index is -3.83. The van der Waals surface area contributed by atoms with Gasteiger partial charge >= 0.3 is 6.61 Å². The Morgan fingerprint density at radius 2 is 1.83 bits per heavy atom. The number of alkyl halides is 2. The predicted molar refractivity (Wildman–Crippen MR) is 101 cm³/mol. The highest BCUT2D eigenvalue weighted by atomic mass is 32.2. The standard InChI is InChI=1S/C19H19F2N3O4S/c1-11(24-29(25,26)17-12(2)23-28-13(17)3)14-6-8-15(9-7-14)16-5-4-10-22-18(16)27-19(20)21/h4-11,19,24H,1-3H3/t11-/m1/s1. The lowest BCUT2D eigenvalue weighted by Gasteiger charge is -2.15. The van der Waals surface area contributed by atoms with Crippen molar-refractivity contribution in [2.75, 3.05) is 0 Å². The molecule has 0 amide bonds. The average Bonchev–Trinajstić information content (AvgIpc) is 3.00. The third-order valence-electron chi connectivity index (χ3n) is 4.26. The van der Waals surface area contributed by atoms with Gasteiger partial charge in [-0.15, -0.1) is 0 Å². The molecule has 0 aliphatic carbocycles. The molecule has 154 valence electrons. The summed E-state index contributed by atoms with van der Waals surface area (Å²) < 4.78 is 62.4. The van der Waals surface area contributed by atoms with Gasteiger partial charge in [0, 0.05) is 17.8 Å². The summed E-state index contributed by atoms with van der Waals surface area (Å²) in [5.41, 5.74) is 1.98.